The molecule has 1 N–H and O–H groups in total. The number of hydrogen-bond donors (Lipinski definition) is 1. The average Bonchev–Trinajstić information content (AvgIpc) is 2.88. The van der Waals surface area contributed by atoms with Gasteiger partial charge >= 0.3 is 0 Å². The molecule has 1 aliphatic heterocycles. The van der Waals surface area contributed by atoms with Crippen LogP contribution in [0.5, 0.6) is 0 Å². The van der Waals surface area contributed by atoms with Crippen molar-refractivity contribution in [3.05, 3.63) is 69.0 Å². The molecular formula is C20H19BrN2O2S. The van der Waals surface area contributed by atoms with Crippen LogP contribution in [-0.2, 0) is 4.79 Å². The van der Waals surface area contributed by atoms with Crippen LogP contribution in [0, 0.1) is 0 Å². The number of benzene rings is 2. The molecule has 3 rings (SSSR count). The van der Waals surface area contributed by atoms with Crippen molar-refractivity contribution < 1.29 is 9.59 Å². The Morgan fingerprint density at radius 2 is 1.81 bits per heavy atom. The SMILES string of the molecule is CC(C)c1ccc(/C=C2/SC(=O)N(CNc3ccccc3Br)C2=O)cc1. The molecule has 0 aromatic heterocycles. The Hall–Kier alpha value is -2.05. The van der Waals surface area contributed by atoms with E-state index in [-0.39, 0.29) is 17.8 Å². The van der Waals surface area contributed by atoms with E-state index in [1.165, 1.54) is 10.5 Å². The summed E-state index contributed by atoms with van der Waals surface area (Å²) in [6, 6.07) is 15.6. The Morgan fingerprint density at radius 3 is 2.46 bits per heavy atom. The molecule has 1 aliphatic rings. The van der Waals surface area contributed by atoms with Crippen LogP contribution in [0.4, 0.5) is 10.5 Å². The van der Waals surface area contributed by atoms with E-state index in [2.05, 4.69) is 47.2 Å². The zero-order valence-electron chi connectivity index (χ0n) is 14.5. The number of nitrogens with zero attached hydrogens (tertiary/aromatic N) is 1. The summed E-state index contributed by atoms with van der Waals surface area (Å²) in [5, 5.41) is 2.85. The normalized spacial score (nSPS) is 16.0. The van der Waals surface area contributed by atoms with Crippen molar-refractivity contribution in [1.29, 1.82) is 0 Å². The second-order valence-corrected chi connectivity index (χ2v) is 8.09. The number of carbonyl (C=O) groups excluding carboxylic acids is 2. The van der Waals surface area contributed by atoms with Crippen molar-refractivity contribution in [2.75, 3.05) is 12.0 Å². The lowest BCUT2D eigenvalue weighted by atomic mass is 10.0. The van der Waals surface area contributed by atoms with Crippen molar-refractivity contribution in [1.82, 2.24) is 4.90 Å². The number of imide groups is 1. The molecule has 0 radical (unpaired) electrons. The number of rotatable bonds is 5. The molecule has 2 aromatic rings. The monoisotopic (exact) mass is 430 g/mol. The molecule has 4 nitrogen and oxygen atoms in total. The number of carbonyl (C=O) groups is 2. The van der Waals surface area contributed by atoms with E-state index >= 15 is 0 Å². The lowest BCUT2D eigenvalue weighted by Gasteiger charge is -2.15. The van der Waals surface area contributed by atoms with Gasteiger partial charge in [-0.2, -0.15) is 0 Å². The summed E-state index contributed by atoms with van der Waals surface area (Å²) in [4.78, 5) is 26.4. The van der Waals surface area contributed by atoms with Gasteiger partial charge in [-0.15, -0.1) is 0 Å². The molecule has 0 atom stereocenters. The Kier molecular flexibility index (Phi) is 5.84. The maximum atomic E-state index is 12.6. The quantitative estimate of drug-likeness (QED) is 0.619. The number of para-hydroxylation sites is 1. The van der Waals surface area contributed by atoms with E-state index in [1.807, 2.05) is 36.4 Å². The van der Waals surface area contributed by atoms with Gasteiger partial charge in [0.1, 0.15) is 0 Å². The minimum atomic E-state index is -0.271. The van der Waals surface area contributed by atoms with E-state index < -0.39 is 0 Å². The highest BCUT2D eigenvalue weighted by atomic mass is 79.9. The fraction of sp³-hybridized carbons (Fsp3) is 0.200. The van der Waals surface area contributed by atoms with Gasteiger partial charge in [-0.3, -0.25) is 14.5 Å². The highest BCUT2D eigenvalue weighted by molar-refractivity contribution is 9.10. The molecule has 0 bridgehead atoms. The van der Waals surface area contributed by atoms with Crippen molar-refractivity contribution in [2.24, 2.45) is 0 Å². The number of anilines is 1. The summed E-state index contributed by atoms with van der Waals surface area (Å²) in [7, 11) is 0. The molecule has 0 aliphatic carbocycles. The Balaban J connectivity index is 1.71. The van der Waals surface area contributed by atoms with Gasteiger partial charge in [0.2, 0.25) is 0 Å². The minimum Gasteiger partial charge on any atom is -0.366 e. The standard InChI is InChI=1S/C20H19BrN2O2S/c1-13(2)15-9-7-14(8-10-15)11-18-19(24)23(20(25)26-18)12-22-17-6-4-3-5-16(17)21/h3-11,13,22H,12H2,1-2H3/b18-11+. The molecule has 0 saturated carbocycles. The summed E-state index contributed by atoms with van der Waals surface area (Å²) in [5.41, 5.74) is 2.99. The second-order valence-electron chi connectivity index (χ2n) is 6.25. The van der Waals surface area contributed by atoms with Crippen molar-refractivity contribution in [2.45, 2.75) is 19.8 Å². The van der Waals surface area contributed by atoms with Gasteiger partial charge in [0, 0.05) is 10.2 Å². The fourth-order valence-electron chi connectivity index (χ4n) is 2.53. The Bertz CT molecular complexity index is 862. The lowest BCUT2D eigenvalue weighted by molar-refractivity contribution is -0.122. The number of halogens is 1. The van der Waals surface area contributed by atoms with Crippen LogP contribution in [0.25, 0.3) is 6.08 Å². The number of hydrogen-bond acceptors (Lipinski definition) is 4. The Labute approximate surface area is 165 Å². The van der Waals surface area contributed by atoms with E-state index in [0.717, 1.165) is 27.5 Å². The molecule has 2 amide bonds. The van der Waals surface area contributed by atoms with Gasteiger partial charge in [-0.25, -0.2) is 0 Å². The third-order valence-corrected chi connectivity index (χ3v) is 5.67. The summed E-state index contributed by atoms with van der Waals surface area (Å²) in [6.07, 6.45) is 1.77. The van der Waals surface area contributed by atoms with Crippen molar-refractivity contribution in [3.63, 3.8) is 0 Å². The van der Waals surface area contributed by atoms with Gasteiger partial charge in [0.25, 0.3) is 11.1 Å². The van der Waals surface area contributed by atoms with Crippen LogP contribution in [0.2, 0.25) is 0 Å². The van der Waals surface area contributed by atoms with E-state index in [4.69, 9.17) is 0 Å². The number of amides is 2. The van der Waals surface area contributed by atoms with Crippen LogP contribution in [0.15, 0.2) is 57.9 Å². The Morgan fingerprint density at radius 1 is 1.12 bits per heavy atom. The van der Waals surface area contributed by atoms with Crippen LogP contribution < -0.4 is 5.32 Å². The highest BCUT2D eigenvalue weighted by Gasteiger charge is 2.34. The molecule has 1 saturated heterocycles. The summed E-state index contributed by atoms with van der Waals surface area (Å²) in [5.74, 6) is 0.187. The van der Waals surface area contributed by atoms with E-state index in [9.17, 15) is 9.59 Å². The largest absolute Gasteiger partial charge is 0.366 e. The van der Waals surface area contributed by atoms with E-state index in [0.29, 0.717) is 10.8 Å². The predicted octanol–water partition coefficient (Wildman–Crippen LogP) is 5.68. The lowest BCUT2D eigenvalue weighted by Crippen LogP contribution is -2.33. The van der Waals surface area contributed by atoms with Gasteiger partial charge < -0.3 is 5.32 Å². The first-order valence-electron chi connectivity index (χ1n) is 8.29. The maximum absolute atomic E-state index is 12.6. The molecule has 134 valence electrons. The number of nitrogens with one attached hydrogen (secondary N) is 1. The summed E-state index contributed by atoms with van der Waals surface area (Å²) >= 11 is 4.41. The first-order valence-corrected chi connectivity index (χ1v) is 9.90. The third-order valence-electron chi connectivity index (χ3n) is 4.08. The minimum absolute atomic E-state index is 0.136. The molecular weight excluding hydrogens is 412 g/mol. The van der Waals surface area contributed by atoms with Crippen molar-refractivity contribution >= 4 is 50.6 Å². The van der Waals surface area contributed by atoms with Gasteiger partial charge in [-0.1, -0.05) is 50.2 Å². The second kappa shape index (κ2) is 8.10. The molecule has 1 heterocycles. The van der Waals surface area contributed by atoms with Gasteiger partial charge in [-0.05, 0) is 62.9 Å². The highest BCUT2D eigenvalue weighted by Crippen LogP contribution is 2.32. The van der Waals surface area contributed by atoms with Crippen LogP contribution in [0.1, 0.15) is 30.9 Å². The van der Waals surface area contributed by atoms with Crippen molar-refractivity contribution in [3.8, 4) is 0 Å². The molecule has 1 fully saturated rings. The molecule has 0 spiro atoms. The zero-order chi connectivity index (χ0) is 18.7. The topological polar surface area (TPSA) is 49.4 Å². The van der Waals surface area contributed by atoms with Crippen LogP contribution in [-0.4, -0.2) is 22.7 Å². The molecule has 26 heavy (non-hydrogen) atoms. The number of thioether (sulfide) groups is 1. The summed E-state index contributed by atoms with van der Waals surface area (Å²) in [6.45, 7) is 4.41. The first kappa shape index (κ1) is 18.7. The predicted molar refractivity (Wildman–Crippen MR) is 111 cm³/mol. The molecule has 6 heteroatoms. The van der Waals surface area contributed by atoms with Crippen LogP contribution >= 0.6 is 27.7 Å². The molecule has 0 unspecified atom stereocenters. The maximum Gasteiger partial charge on any atom is 0.295 e. The molecule has 2 aromatic carbocycles. The average molecular weight is 431 g/mol. The zero-order valence-corrected chi connectivity index (χ0v) is 16.9. The van der Waals surface area contributed by atoms with Crippen LogP contribution in [0.3, 0.4) is 0 Å². The van der Waals surface area contributed by atoms with E-state index in [1.54, 1.807) is 6.08 Å². The van der Waals surface area contributed by atoms with Gasteiger partial charge in [0.05, 0.1) is 11.6 Å². The summed E-state index contributed by atoms with van der Waals surface area (Å²) < 4.78 is 0.882. The fourth-order valence-corrected chi connectivity index (χ4v) is 3.80. The van der Waals surface area contributed by atoms with Gasteiger partial charge in [0.15, 0.2) is 0 Å². The third kappa shape index (κ3) is 4.19. The first-order chi connectivity index (χ1) is 12.5. The smallest absolute Gasteiger partial charge is 0.295 e.